The minimum absolute atomic E-state index is 0.250. The lowest BCUT2D eigenvalue weighted by molar-refractivity contribution is -0.191. The molecule has 1 heterocycles. The molecule has 0 spiro atoms. The van der Waals surface area contributed by atoms with E-state index in [1.54, 1.807) is 16.8 Å². The fraction of sp³-hybridized carbons (Fsp3) is 0.118. The van der Waals surface area contributed by atoms with Gasteiger partial charge in [0.15, 0.2) is 5.69 Å². The van der Waals surface area contributed by atoms with Gasteiger partial charge in [-0.15, -0.1) is 0 Å². The van der Waals surface area contributed by atoms with Crippen molar-refractivity contribution < 1.29 is 19.1 Å². The highest BCUT2D eigenvalue weighted by Crippen LogP contribution is 2.24. The van der Waals surface area contributed by atoms with Gasteiger partial charge in [-0.1, -0.05) is 47.5 Å². The fourth-order valence-electron chi connectivity index (χ4n) is 2.31. The number of fused-ring (bicyclic) bond motifs is 1. The molecular weight excluding hydrogens is 367 g/mol. The summed E-state index contributed by atoms with van der Waals surface area (Å²) < 4.78 is 6.52. The Kier molecular flexibility index (Phi) is 6.31. The van der Waals surface area contributed by atoms with Gasteiger partial charge in [0.05, 0.1) is 19.2 Å². The molecule has 8 heteroatoms. The molecule has 0 saturated heterocycles. The molecule has 6 nitrogen and oxygen atoms in total. The number of hydrogen-bond acceptors (Lipinski definition) is 5. The van der Waals surface area contributed by atoms with E-state index in [-0.39, 0.29) is 6.15 Å². The van der Waals surface area contributed by atoms with Crippen LogP contribution in [-0.2, 0) is 20.9 Å². The van der Waals surface area contributed by atoms with Crippen LogP contribution >= 0.6 is 23.2 Å². The molecule has 0 aliphatic heterocycles. The van der Waals surface area contributed by atoms with E-state index in [0.29, 0.717) is 22.3 Å². The van der Waals surface area contributed by atoms with E-state index in [4.69, 9.17) is 37.5 Å². The maximum absolute atomic E-state index is 11.9. The molecular formula is C17H12Cl2N2O4. The molecule has 0 unspecified atom stereocenters. The van der Waals surface area contributed by atoms with Crippen molar-refractivity contribution in [2.75, 3.05) is 7.11 Å². The van der Waals surface area contributed by atoms with Crippen LogP contribution in [0.2, 0.25) is 10.0 Å². The van der Waals surface area contributed by atoms with Gasteiger partial charge in [-0.25, -0.2) is 4.79 Å². The Morgan fingerprint density at radius 3 is 2.52 bits per heavy atom. The van der Waals surface area contributed by atoms with Crippen molar-refractivity contribution in [3.05, 3.63) is 63.8 Å². The molecule has 1 aromatic heterocycles. The average Bonchev–Trinajstić information content (AvgIpc) is 2.96. The highest BCUT2D eigenvalue weighted by Gasteiger charge is 2.17. The summed E-state index contributed by atoms with van der Waals surface area (Å²) in [7, 11) is 1.34. The predicted octanol–water partition coefficient (Wildman–Crippen LogP) is 3.59. The van der Waals surface area contributed by atoms with E-state index in [9.17, 15) is 4.79 Å². The summed E-state index contributed by atoms with van der Waals surface area (Å²) in [5.41, 5.74) is 2.01. The van der Waals surface area contributed by atoms with E-state index in [2.05, 4.69) is 5.10 Å². The van der Waals surface area contributed by atoms with Crippen LogP contribution in [0.5, 0.6) is 0 Å². The summed E-state index contributed by atoms with van der Waals surface area (Å²) in [4.78, 5) is 28.1. The quantitative estimate of drug-likeness (QED) is 0.650. The lowest BCUT2D eigenvalue weighted by atomic mass is 10.2. The minimum atomic E-state index is -0.461. The molecule has 0 radical (unpaired) electrons. The van der Waals surface area contributed by atoms with Gasteiger partial charge in [-0.3, -0.25) is 4.68 Å². The number of benzene rings is 2. The smallest absolute Gasteiger partial charge is 0.373 e. The summed E-state index contributed by atoms with van der Waals surface area (Å²) in [6.07, 6.45) is 0.250. The van der Waals surface area contributed by atoms with Gasteiger partial charge in [-0.05, 0) is 23.8 Å². The Hall–Kier alpha value is -2.66. The molecule has 3 rings (SSSR count). The van der Waals surface area contributed by atoms with Crippen LogP contribution in [0, 0.1) is 0 Å². The zero-order valence-electron chi connectivity index (χ0n) is 13.0. The van der Waals surface area contributed by atoms with Crippen LogP contribution in [0.4, 0.5) is 0 Å². The number of halogens is 2. The molecule has 128 valence electrons. The van der Waals surface area contributed by atoms with Crippen molar-refractivity contribution in [3.63, 3.8) is 0 Å². The summed E-state index contributed by atoms with van der Waals surface area (Å²) in [5.74, 6) is -0.461. The fourth-order valence-corrected chi connectivity index (χ4v) is 2.77. The largest absolute Gasteiger partial charge is 0.464 e. The second-order valence-corrected chi connectivity index (χ2v) is 5.68. The third-order valence-corrected chi connectivity index (χ3v) is 3.96. The maximum Gasteiger partial charge on any atom is 0.373 e. The van der Waals surface area contributed by atoms with E-state index >= 15 is 0 Å². The lowest BCUT2D eigenvalue weighted by Gasteiger charge is -2.06. The first-order chi connectivity index (χ1) is 12.0. The molecule has 2 aromatic carbocycles. The number of nitrogens with zero attached hydrogens (tertiary/aromatic N) is 2. The summed E-state index contributed by atoms with van der Waals surface area (Å²) in [6.45, 7) is 0.438. The molecule has 0 aliphatic carbocycles. The summed E-state index contributed by atoms with van der Waals surface area (Å²) in [5, 5.41) is 6.26. The van der Waals surface area contributed by atoms with E-state index in [1.807, 2.05) is 30.3 Å². The number of ether oxygens (including phenoxy) is 1. The first kappa shape index (κ1) is 18.7. The average molecular weight is 379 g/mol. The van der Waals surface area contributed by atoms with Gasteiger partial charge in [0.25, 0.3) is 0 Å². The molecule has 0 N–H and O–H groups in total. The molecule has 3 aromatic rings. The monoisotopic (exact) mass is 378 g/mol. The van der Waals surface area contributed by atoms with E-state index < -0.39 is 5.97 Å². The first-order valence-corrected chi connectivity index (χ1v) is 7.74. The van der Waals surface area contributed by atoms with E-state index in [1.165, 1.54) is 7.11 Å². The first-order valence-electron chi connectivity index (χ1n) is 6.99. The standard InChI is InChI=1S/C16H12Cl2N2O2.CO2/c1-22-16(21)15-12-4-2-3-5-14(12)20(19-15)9-10-6-7-11(17)8-13(10)18;2-1-3/h2-8H,9H2,1H3;. The molecule has 0 atom stereocenters. The third kappa shape index (κ3) is 4.25. The van der Waals surface area contributed by atoms with Crippen LogP contribution < -0.4 is 0 Å². The van der Waals surface area contributed by atoms with Crippen LogP contribution in [-0.4, -0.2) is 29.0 Å². The van der Waals surface area contributed by atoms with Crippen molar-refractivity contribution >= 4 is 46.2 Å². The Balaban J connectivity index is 0.000000701. The Morgan fingerprint density at radius 1 is 1.20 bits per heavy atom. The topological polar surface area (TPSA) is 78.3 Å². The third-order valence-electron chi connectivity index (χ3n) is 3.37. The molecule has 0 bridgehead atoms. The number of carbonyl (C=O) groups is 1. The van der Waals surface area contributed by atoms with E-state index in [0.717, 1.165) is 16.5 Å². The SMILES string of the molecule is COC(=O)c1nn(Cc2ccc(Cl)cc2Cl)c2ccccc12.O=C=O. The molecule has 25 heavy (non-hydrogen) atoms. The number of hydrogen-bond donors (Lipinski definition) is 0. The van der Waals surface area contributed by atoms with Gasteiger partial charge in [0, 0.05) is 15.4 Å². The summed E-state index contributed by atoms with van der Waals surface area (Å²) >= 11 is 12.1. The van der Waals surface area contributed by atoms with Crippen LogP contribution in [0.15, 0.2) is 42.5 Å². The second-order valence-electron chi connectivity index (χ2n) is 4.83. The molecule has 0 saturated carbocycles. The number of methoxy groups -OCH3 is 1. The van der Waals surface area contributed by atoms with Gasteiger partial charge < -0.3 is 4.74 Å². The van der Waals surface area contributed by atoms with Crippen LogP contribution in [0.1, 0.15) is 16.1 Å². The molecule has 0 fully saturated rings. The van der Waals surface area contributed by atoms with Crippen LogP contribution in [0.25, 0.3) is 10.9 Å². The van der Waals surface area contributed by atoms with Gasteiger partial charge in [0.1, 0.15) is 0 Å². The number of para-hydroxylation sites is 1. The highest BCUT2D eigenvalue weighted by atomic mass is 35.5. The van der Waals surface area contributed by atoms with Gasteiger partial charge >= 0.3 is 12.1 Å². The normalized spacial score (nSPS) is 9.88. The van der Waals surface area contributed by atoms with Crippen molar-refractivity contribution in [1.82, 2.24) is 9.78 Å². The maximum atomic E-state index is 11.9. The zero-order chi connectivity index (χ0) is 18.4. The van der Waals surface area contributed by atoms with Crippen molar-refractivity contribution in [1.29, 1.82) is 0 Å². The van der Waals surface area contributed by atoms with Gasteiger partial charge in [-0.2, -0.15) is 14.7 Å². The summed E-state index contributed by atoms with van der Waals surface area (Å²) in [6, 6.07) is 12.8. The molecule has 0 amide bonds. The second kappa shape index (κ2) is 8.44. The Morgan fingerprint density at radius 2 is 1.88 bits per heavy atom. The lowest BCUT2D eigenvalue weighted by Crippen LogP contribution is -2.06. The van der Waals surface area contributed by atoms with Gasteiger partial charge in [0.2, 0.25) is 0 Å². The Labute approximate surface area is 152 Å². The number of rotatable bonds is 3. The van der Waals surface area contributed by atoms with Crippen molar-refractivity contribution in [2.45, 2.75) is 6.54 Å². The number of esters is 1. The zero-order valence-corrected chi connectivity index (χ0v) is 14.5. The highest BCUT2D eigenvalue weighted by molar-refractivity contribution is 6.35. The van der Waals surface area contributed by atoms with Crippen LogP contribution in [0.3, 0.4) is 0 Å². The predicted molar refractivity (Wildman–Crippen MR) is 91.6 cm³/mol. The minimum Gasteiger partial charge on any atom is -0.464 e. The van der Waals surface area contributed by atoms with Crippen molar-refractivity contribution in [2.24, 2.45) is 0 Å². The number of aromatic nitrogens is 2. The molecule has 0 aliphatic rings. The van der Waals surface area contributed by atoms with Crippen molar-refractivity contribution in [3.8, 4) is 0 Å². The number of carbonyl (C=O) groups excluding carboxylic acids is 3. The Bertz CT molecular complexity index is 947.